The number of thiocarbonyl (C=S) groups is 1. The molecule has 2 aromatic carbocycles. The highest BCUT2D eigenvalue weighted by Crippen LogP contribution is 2.31. The molecule has 1 aliphatic carbocycles. The molecular weight excluding hydrogens is 478 g/mol. The molecule has 0 bridgehead atoms. The molecule has 0 aromatic heterocycles. The van der Waals surface area contributed by atoms with Crippen molar-refractivity contribution in [2.75, 3.05) is 18.4 Å². The van der Waals surface area contributed by atoms with E-state index in [1.807, 2.05) is 17.0 Å². The molecule has 1 fully saturated rings. The fraction of sp³-hybridized carbons (Fsp3) is 0.321. The van der Waals surface area contributed by atoms with Gasteiger partial charge in [0.2, 0.25) is 0 Å². The van der Waals surface area contributed by atoms with Crippen molar-refractivity contribution in [1.29, 1.82) is 0 Å². The summed E-state index contributed by atoms with van der Waals surface area (Å²) in [4.78, 5) is 31.0. The van der Waals surface area contributed by atoms with Gasteiger partial charge >= 0.3 is 0 Å². The number of piperidine rings is 1. The Kier molecular flexibility index (Phi) is 7.14. The lowest BCUT2D eigenvalue weighted by Crippen LogP contribution is -2.29. The van der Waals surface area contributed by atoms with E-state index in [1.165, 1.54) is 24.8 Å². The summed E-state index contributed by atoms with van der Waals surface area (Å²) in [5, 5.41) is 3.46. The molecule has 2 aliphatic heterocycles. The van der Waals surface area contributed by atoms with Crippen molar-refractivity contribution in [2.24, 2.45) is 0 Å². The van der Waals surface area contributed by atoms with Crippen molar-refractivity contribution in [1.82, 2.24) is 9.80 Å². The number of amides is 2. The van der Waals surface area contributed by atoms with Crippen LogP contribution < -0.4 is 5.32 Å². The first kappa shape index (κ1) is 23.9. The van der Waals surface area contributed by atoms with Gasteiger partial charge in [0.05, 0.1) is 5.57 Å². The van der Waals surface area contributed by atoms with Crippen molar-refractivity contribution >= 4 is 46.2 Å². The van der Waals surface area contributed by atoms with E-state index in [1.54, 1.807) is 18.2 Å². The third kappa shape index (κ3) is 5.40. The zero-order valence-corrected chi connectivity index (χ0v) is 21.1. The Hall–Kier alpha value is -2.80. The summed E-state index contributed by atoms with van der Waals surface area (Å²) in [6.07, 6.45) is 7.73. The Morgan fingerprint density at radius 2 is 1.77 bits per heavy atom. The number of carbonyl (C=O) groups is 2. The average Bonchev–Trinajstić information content (AvgIpc) is 3.17. The molecule has 5 nitrogen and oxygen atoms in total. The van der Waals surface area contributed by atoms with Gasteiger partial charge in [-0.3, -0.25) is 14.5 Å². The molecule has 0 atom stereocenters. The number of allylic oxidation sites excluding steroid dienone is 3. The molecule has 0 saturated carbocycles. The molecule has 3 aliphatic rings. The van der Waals surface area contributed by atoms with Crippen molar-refractivity contribution in [3.8, 4) is 0 Å². The highest BCUT2D eigenvalue weighted by Gasteiger charge is 2.30. The number of hydrogen-bond donors (Lipinski definition) is 1. The lowest BCUT2D eigenvalue weighted by Gasteiger charge is -2.26. The Balaban J connectivity index is 1.29. The largest absolute Gasteiger partial charge is 0.330 e. The molecular formula is C28H28ClN3O2S. The quantitative estimate of drug-likeness (QED) is 0.520. The first-order valence-corrected chi connectivity index (χ1v) is 12.9. The van der Waals surface area contributed by atoms with Crippen LogP contribution in [0.1, 0.15) is 52.7 Å². The monoisotopic (exact) mass is 505 g/mol. The van der Waals surface area contributed by atoms with Gasteiger partial charge < -0.3 is 10.2 Å². The number of hydrogen-bond acceptors (Lipinski definition) is 4. The maximum atomic E-state index is 13.2. The highest BCUT2D eigenvalue weighted by atomic mass is 35.5. The first-order chi connectivity index (χ1) is 17.0. The zero-order valence-electron chi connectivity index (χ0n) is 19.6. The third-order valence-electron chi connectivity index (χ3n) is 6.82. The Morgan fingerprint density at radius 3 is 2.57 bits per heavy atom. The van der Waals surface area contributed by atoms with Gasteiger partial charge in [0.15, 0.2) is 0 Å². The minimum Gasteiger partial charge on any atom is -0.330 e. The number of nitrogens with zero attached hydrogens (tertiary/aromatic N) is 2. The molecule has 35 heavy (non-hydrogen) atoms. The van der Waals surface area contributed by atoms with Gasteiger partial charge in [-0.2, -0.15) is 0 Å². The van der Waals surface area contributed by atoms with Crippen LogP contribution in [0.3, 0.4) is 0 Å². The topological polar surface area (TPSA) is 52.7 Å². The van der Waals surface area contributed by atoms with Gasteiger partial charge in [-0.1, -0.05) is 66.6 Å². The molecule has 0 unspecified atom stereocenters. The number of anilines is 1. The van der Waals surface area contributed by atoms with Crippen molar-refractivity contribution in [2.45, 2.75) is 45.3 Å². The summed E-state index contributed by atoms with van der Waals surface area (Å²) >= 11 is 11.4. The number of carbonyl (C=O) groups excluding carboxylic acids is 2. The minimum atomic E-state index is -0.300. The van der Waals surface area contributed by atoms with Crippen LogP contribution in [-0.4, -0.2) is 39.6 Å². The maximum Gasteiger partial charge on any atom is 0.256 e. The highest BCUT2D eigenvalue weighted by molar-refractivity contribution is 7.81. The van der Waals surface area contributed by atoms with Gasteiger partial charge in [-0.05, 0) is 55.3 Å². The molecule has 5 rings (SSSR count). The normalized spacial score (nSPS) is 18.3. The summed E-state index contributed by atoms with van der Waals surface area (Å²) in [7, 11) is 0. The van der Waals surface area contributed by atoms with E-state index in [-0.39, 0.29) is 11.8 Å². The SMILES string of the molecule is O=C(Nc1cccc2c1CN(Cc1cccc(CN3CCCCC3)c1)C2=O)C1=CC(Cl)=CCC1=S. The van der Waals surface area contributed by atoms with Crippen molar-refractivity contribution in [3.05, 3.63) is 87.5 Å². The molecule has 7 heteroatoms. The van der Waals surface area contributed by atoms with Gasteiger partial charge in [-0.15, -0.1) is 0 Å². The van der Waals surface area contributed by atoms with Crippen LogP contribution in [0.5, 0.6) is 0 Å². The average molecular weight is 506 g/mol. The number of likely N-dealkylation sites (tertiary alicyclic amines) is 1. The fourth-order valence-electron chi connectivity index (χ4n) is 5.02. The predicted molar refractivity (Wildman–Crippen MR) is 143 cm³/mol. The molecule has 2 amide bonds. The van der Waals surface area contributed by atoms with Gasteiger partial charge in [0.25, 0.3) is 11.8 Å². The molecule has 180 valence electrons. The van der Waals surface area contributed by atoms with Crippen LogP contribution in [0.2, 0.25) is 0 Å². The summed E-state index contributed by atoms with van der Waals surface area (Å²) in [5.41, 5.74) is 4.90. The molecule has 2 heterocycles. The van der Waals surface area contributed by atoms with E-state index in [0.717, 1.165) is 30.8 Å². The van der Waals surface area contributed by atoms with Gasteiger partial charge in [-0.25, -0.2) is 0 Å². The predicted octanol–water partition coefficient (Wildman–Crippen LogP) is 5.59. The van der Waals surface area contributed by atoms with E-state index < -0.39 is 0 Å². The Bertz CT molecular complexity index is 1250. The molecule has 2 aromatic rings. The summed E-state index contributed by atoms with van der Waals surface area (Å²) in [6, 6.07) is 14.0. The lowest BCUT2D eigenvalue weighted by atomic mass is 10.0. The van der Waals surface area contributed by atoms with Crippen molar-refractivity contribution < 1.29 is 9.59 Å². The number of halogens is 1. The Morgan fingerprint density at radius 1 is 1.03 bits per heavy atom. The maximum absolute atomic E-state index is 13.2. The van der Waals surface area contributed by atoms with E-state index in [0.29, 0.717) is 46.2 Å². The molecule has 1 saturated heterocycles. The van der Waals surface area contributed by atoms with Crippen LogP contribution >= 0.6 is 23.8 Å². The van der Waals surface area contributed by atoms with E-state index in [2.05, 4.69) is 34.5 Å². The molecule has 0 radical (unpaired) electrons. The van der Waals surface area contributed by atoms with Crippen LogP contribution in [0.4, 0.5) is 5.69 Å². The zero-order chi connectivity index (χ0) is 24.4. The third-order valence-corrected chi connectivity index (χ3v) is 7.47. The van der Waals surface area contributed by atoms with Crippen molar-refractivity contribution in [3.63, 3.8) is 0 Å². The van der Waals surface area contributed by atoms with Gasteiger partial charge in [0, 0.05) is 52.8 Å². The van der Waals surface area contributed by atoms with E-state index in [4.69, 9.17) is 23.8 Å². The standard InChI is InChI=1S/C28H28ClN3O2S/c29-21-10-11-26(35)23(15-21)27(33)30-25-9-5-8-22-24(25)18-32(28(22)34)17-20-7-4-6-19(14-20)16-31-12-2-1-3-13-31/h4-10,14-15H,1-3,11-13,16-18H2,(H,30,33). The van der Waals surface area contributed by atoms with Crippen LogP contribution in [0, 0.1) is 0 Å². The van der Waals surface area contributed by atoms with Crippen LogP contribution in [0.25, 0.3) is 0 Å². The first-order valence-electron chi connectivity index (χ1n) is 12.1. The second kappa shape index (κ2) is 10.4. The number of benzene rings is 2. The second-order valence-corrected chi connectivity index (χ2v) is 10.3. The summed E-state index contributed by atoms with van der Waals surface area (Å²) in [6.45, 7) is 4.25. The summed E-state index contributed by atoms with van der Waals surface area (Å²) < 4.78 is 0. The number of rotatable bonds is 6. The lowest BCUT2D eigenvalue weighted by molar-refractivity contribution is -0.112. The smallest absolute Gasteiger partial charge is 0.256 e. The van der Waals surface area contributed by atoms with Crippen LogP contribution in [-0.2, 0) is 24.4 Å². The molecule has 1 N–H and O–H groups in total. The summed E-state index contributed by atoms with van der Waals surface area (Å²) in [5.74, 6) is -0.318. The van der Waals surface area contributed by atoms with E-state index in [9.17, 15) is 9.59 Å². The second-order valence-electron chi connectivity index (χ2n) is 9.38. The number of nitrogens with one attached hydrogen (secondary N) is 1. The number of fused-ring (bicyclic) bond motifs is 1. The van der Waals surface area contributed by atoms with Crippen LogP contribution in [0.15, 0.2) is 65.2 Å². The van der Waals surface area contributed by atoms with Gasteiger partial charge in [0.1, 0.15) is 0 Å². The van der Waals surface area contributed by atoms with E-state index >= 15 is 0 Å². The Labute approximate surface area is 216 Å². The minimum absolute atomic E-state index is 0.0177. The fourth-order valence-corrected chi connectivity index (χ4v) is 5.44. The molecule has 0 spiro atoms.